The van der Waals surface area contributed by atoms with Crippen molar-refractivity contribution in [2.75, 3.05) is 18.9 Å². The lowest BCUT2D eigenvalue weighted by atomic mass is 10.2. The standard InChI is InChI=1S/C15H20N4OS/c1-11-10-21-15(17-11)18-14(20)12(2)19(3)9-7-13-6-4-5-8-16-13/h4-6,8,10,12H,7,9H2,1-3H3,(H,17,18,20). The first kappa shape index (κ1) is 15.6. The van der Waals surface area contributed by atoms with E-state index in [0.717, 1.165) is 24.4 Å². The van der Waals surface area contributed by atoms with E-state index in [1.54, 1.807) is 6.20 Å². The fraction of sp³-hybridized carbons (Fsp3) is 0.400. The van der Waals surface area contributed by atoms with E-state index in [0.29, 0.717) is 5.13 Å². The number of carbonyl (C=O) groups is 1. The monoisotopic (exact) mass is 304 g/mol. The second-order valence-electron chi connectivity index (χ2n) is 5.01. The number of thiazole rings is 1. The van der Waals surface area contributed by atoms with Gasteiger partial charge in [-0.15, -0.1) is 11.3 Å². The lowest BCUT2D eigenvalue weighted by molar-refractivity contribution is -0.120. The van der Waals surface area contributed by atoms with Crippen LogP contribution in [0.15, 0.2) is 29.8 Å². The van der Waals surface area contributed by atoms with Gasteiger partial charge < -0.3 is 5.32 Å². The van der Waals surface area contributed by atoms with Crippen molar-refractivity contribution < 1.29 is 4.79 Å². The van der Waals surface area contributed by atoms with E-state index in [-0.39, 0.29) is 11.9 Å². The summed E-state index contributed by atoms with van der Waals surface area (Å²) in [5.74, 6) is -0.0344. The summed E-state index contributed by atoms with van der Waals surface area (Å²) in [6, 6.07) is 5.66. The summed E-state index contributed by atoms with van der Waals surface area (Å²) in [6.45, 7) is 4.59. The maximum Gasteiger partial charge on any atom is 0.243 e. The summed E-state index contributed by atoms with van der Waals surface area (Å²) in [4.78, 5) is 22.7. The van der Waals surface area contributed by atoms with Crippen molar-refractivity contribution in [3.8, 4) is 0 Å². The Morgan fingerprint density at radius 3 is 2.90 bits per heavy atom. The Bertz CT molecular complexity index is 584. The van der Waals surface area contributed by atoms with Crippen molar-refractivity contribution in [1.82, 2.24) is 14.9 Å². The van der Waals surface area contributed by atoms with Crippen molar-refractivity contribution >= 4 is 22.4 Å². The topological polar surface area (TPSA) is 58.1 Å². The second-order valence-corrected chi connectivity index (χ2v) is 5.87. The molecule has 1 atom stereocenters. The van der Waals surface area contributed by atoms with Crippen molar-refractivity contribution in [3.05, 3.63) is 41.2 Å². The molecule has 5 nitrogen and oxygen atoms in total. The average molecular weight is 304 g/mol. The van der Waals surface area contributed by atoms with Crippen LogP contribution in [0.25, 0.3) is 0 Å². The summed E-state index contributed by atoms with van der Waals surface area (Å²) < 4.78 is 0. The van der Waals surface area contributed by atoms with Crippen LogP contribution in [-0.2, 0) is 11.2 Å². The molecule has 0 saturated heterocycles. The fourth-order valence-corrected chi connectivity index (χ4v) is 2.54. The number of hydrogen-bond acceptors (Lipinski definition) is 5. The van der Waals surface area contributed by atoms with Crippen LogP contribution >= 0.6 is 11.3 Å². The van der Waals surface area contributed by atoms with Crippen molar-refractivity contribution in [2.24, 2.45) is 0 Å². The van der Waals surface area contributed by atoms with Gasteiger partial charge in [0.2, 0.25) is 5.91 Å². The molecule has 0 radical (unpaired) electrons. The zero-order valence-corrected chi connectivity index (χ0v) is 13.4. The third-order valence-electron chi connectivity index (χ3n) is 3.34. The molecule has 2 rings (SSSR count). The summed E-state index contributed by atoms with van der Waals surface area (Å²) >= 11 is 1.45. The molecule has 1 N–H and O–H groups in total. The average Bonchev–Trinajstić information content (AvgIpc) is 2.90. The highest BCUT2D eigenvalue weighted by atomic mass is 32.1. The first-order chi connectivity index (χ1) is 10.1. The molecule has 0 aliphatic rings. The van der Waals surface area contributed by atoms with Gasteiger partial charge in [0.05, 0.1) is 11.7 Å². The Morgan fingerprint density at radius 1 is 1.48 bits per heavy atom. The number of carbonyl (C=O) groups excluding carboxylic acids is 1. The van der Waals surface area contributed by atoms with Gasteiger partial charge in [-0.05, 0) is 33.0 Å². The van der Waals surface area contributed by atoms with Gasteiger partial charge in [-0.1, -0.05) is 6.07 Å². The fourth-order valence-electron chi connectivity index (χ4n) is 1.85. The smallest absolute Gasteiger partial charge is 0.243 e. The predicted molar refractivity (Wildman–Crippen MR) is 85.5 cm³/mol. The molecule has 0 spiro atoms. The van der Waals surface area contributed by atoms with E-state index >= 15 is 0 Å². The molecule has 1 unspecified atom stereocenters. The summed E-state index contributed by atoms with van der Waals surface area (Å²) in [5, 5.41) is 5.43. The number of nitrogens with zero attached hydrogens (tertiary/aromatic N) is 3. The van der Waals surface area contributed by atoms with Crippen LogP contribution < -0.4 is 5.32 Å². The highest BCUT2D eigenvalue weighted by Gasteiger charge is 2.18. The highest BCUT2D eigenvalue weighted by Crippen LogP contribution is 2.15. The van der Waals surface area contributed by atoms with Crippen LogP contribution in [0.3, 0.4) is 0 Å². The first-order valence-electron chi connectivity index (χ1n) is 6.89. The Labute approximate surface area is 129 Å². The number of nitrogens with one attached hydrogen (secondary N) is 1. The molecular weight excluding hydrogens is 284 g/mol. The van der Waals surface area contributed by atoms with Crippen LogP contribution in [0.2, 0.25) is 0 Å². The molecule has 0 aliphatic carbocycles. The Hall–Kier alpha value is -1.79. The number of amides is 1. The normalized spacial score (nSPS) is 12.4. The van der Waals surface area contributed by atoms with Crippen LogP contribution in [0.1, 0.15) is 18.3 Å². The van der Waals surface area contributed by atoms with Crippen LogP contribution in [0.5, 0.6) is 0 Å². The van der Waals surface area contributed by atoms with Crippen molar-refractivity contribution in [2.45, 2.75) is 26.3 Å². The van der Waals surface area contributed by atoms with E-state index < -0.39 is 0 Å². The minimum absolute atomic E-state index is 0.0344. The largest absolute Gasteiger partial charge is 0.301 e. The molecule has 6 heteroatoms. The number of pyridine rings is 1. The Morgan fingerprint density at radius 2 is 2.29 bits per heavy atom. The van der Waals surface area contributed by atoms with E-state index in [1.807, 2.05) is 49.4 Å². The molecule has 1 amide bonds. The number of likely N-dealkylation sites (N-methyl/N-ethyl adjacent to an activating group) is 1. The van der Waals surface area contributed by atoms with Gasteiger partial charge in [0, 0.05) is 30.2 Å². The lowest BCUT2D eigenvalue weighted by Crippen LogP contribution is -2.40. The molecule has 2 heterocycles. The highest BCUT2D eigenvalue weighted by molar-refractivity contribution is 7.13. The summed E-state index contributed by atoms with van der Waals surface area (Å²) in [5.41, 5.74) is 1.96. The van der Waals surface area contributed by atoms with Gasteiger partial charge in [0.15, 0.2) is 5.13 Å². The molecule has 2 aromatic heterocycles. The number of rotatable bonds is 6. The minimum Gasteiger partial charge on any atom is -0.301 e. The number of aromatic nitrogens is 2. The SMILES string of the molecule is Cc1csc(NC(=O)C(C)N(C)CCc2ccccn2)n1. The second kappa shape index (κ2) is 7.28. The van der Waals surface area contributed by atoms with Crippen molar-refractivity contribution in [1.29, 1.82) is 0 Å². The van der Waals surface area contributed by atoms with Gasteiger partial charge in [0.1, 0.15) is 0 Å². The van der Waals surface area contributed by atoms with E-state index in [2.05, 4.69) is 15.3 Å². The predicted octanol–water partition coefficient (Wildman–Crippen LogP) is 2.35. The lowest BCUT2D eigenvalue weighted by Gasteiger charge is -2.23. The maximum atomic E-state index is 12.2. The van der Waals surface area contributed by atoms with E-state index in [9.17, 15) is 4.79 Å². The van der Waals surface area contributed by atoms with Crippen LogP contribution in [0, 0.1) is 6.92 Å². The summed E-state index contributed by atoms with van der Waals surface area (Å²) in [7, 11) is 1.94. The third-order valence-corrected chi connectivity index (χ3v) is 4.21. The summed E-state index contributed by atoms with van der Waals surface area (Å²) in [6.07, 6.45) is 2.61. The molecule has 0 saturated carbocycles. The zero-order valence-electron chi connectivity index (χ0n) is 12.5. The first-order valence-corrected chi connectivity index (χ1v) is 7.77. The molecule has 112 valence electrons. The van der Waals surface area contributed by atoms with Crippen molar-refractivity contribution in [3.63, 3.8) is 0 Å². The van der Waals surface area contributed by atoms with E-state index in [1.165, 1.54) is 11.3 Å². The van der Waals surface area contributed by atoms with Gasteiger partial charge >= 0.3 is 0 Å². The number of anilines is 1. The molecule has 21 heavy (non-hydrogen) atoms. The number of hydrogen-bond donors (Lipinski definition) is 1. The third kappa shape index (κ3) is 4.61. The minimum atomic E-state index is -0.210. The molecule has 0 aliphatic heterocycles. The molecular formula is C15H20N4OS. The zero-order chi connectivity index (χ0) is 15.2. The van der Waals surface area contributed by atoms with Gasteiger partial charge in [-0.25, -0.2) is 4.98 Å². The Balaban J connectivity index is 1.83. The molecule has 0 aromatic carbocycles. The molecule has 0 fully saturated rings. The quantitative estimate of drug-likeness (QED) is 0.890. The van der Waals surface area contributed by atoms with Gasteiger partial charge in [-0.2, -0.15) is 0 Å². The molecule has 0 bridgehead atoms. The van der Waals surface area contributed by atoms with E-state index in [4.69, 9.17) is 0 Å². The number of aryl methyl sites for hydroxylation is 1. The molecule has 2 aromatic rings. The maximum absolute atomic E-state index is 12.2. The van der Waals surface area contributed by atoms with Crippen LogP contribution in [-0.4, -0.2) is 40.4 Å². The van der Waals surface area contributed by atoms with Crippen LogP contribution in [0.4, 0.5) is 5.13 Å². The Kier molecular flexibility index (Phi) is 5.41. The van der Waals surface area contributed by atoms with Gasteiger partial charge in [-0.3, -0.25) is 14.7 Å². The van der Waals surface area contributed by atoms with Gasteiger partial charge in [0.25, 0.3) is 0 Å².